The molecule has 0 unspecified atom stereocenters. The number of rotatable bonds is 1. The third-order valence-corrected chi connectivity index (χ3v) is 3.04. The number of ether oxygens (including phenoxy) is 3. The van der Waals surface area contributed by atoms with Crippen LogP contribution in [0.5, 0.6) is 11.5 Å². The number of hydrogen-bond donors (Lipinski definition) is 0. The number of methoxy groups -OCH3 is 1. The van der Waals surface area contributed by atoms with E-state index >= 15 is 0 Å². The second-order valence-corrected chi connectivity index (χ2v) is 3.91. The van der Waals surface area contributed by atoms with Crippen molar-refractivity contribution in [3.05, 3.63) is 22.8 Å². The van der Waals surface area contributed by atoms with Crippen LogP contribution >= 0.6 is 0 Å². The molecule has 2 aliphatic heterocycles. The monoisotopic (exact) mass is 220 g/mol. The number of benzene rings is 1. The fourth-order valence-corrected chi connectivity index (χ4v) is 2.30. The van der Waals surface area contributed by atoms with Gasteiger partial charge in [0, 0.05) is 24.0 Å². The van der Waals surface area contributed by atoms with Crippen LogP contribution in [0.15, 0.2) is 6.07 Å². The molecular formula is C12H12O4. The molecule has 2 heterocycles. The molecule has 1 aromatic carbocycles. The summed E-state index contributed by atoms with van der Waals surface area (Å²) in [6.45, 7) is 1.25. The molecule has 0 spiro atoms. The Morgan fingerprint density at radius 1 is 1.31 bits per heavy atom. The van der Waals surface area contributed by atoms with Crippen LogP contribution in [-0.4, -0.2) is 26.3 Å². The van der Waals surface area contributed by atoms with Crippen molar-refractivity contribution in [3.8, 4) is 11.5 Å². The lowest BCUT2D eigenvalue weighted by molar-refractivity contribution is 0.0596. The summed E-state index contributed by atoms with van der Waals surface area (Å²) in [5, 5.41) is 0. The van der Waals surface area contributed by atoms with Crippen molar-refractivity contribution < 1.29 is 19.0 Å². The van der Waals surface area contributed by atoms with Gasteiger partial charge in [0.05, 0.1) is 20.3 Å². The van der Waals surface area contributed by atoms with Gasteiger partial charge in [-0.3, -0.25) is 0 Å². The number of fused-ring (bicyclic) bond motifs is 2. The predicted octanol–water partition coefficient (Wildman–Crippen LogP) is 1.34. The highest BCUT2D eigenvalue weighted by atomic mass is 16.5. The van der Waals surface area contributed by atoms with Gasteiger partial charge in [0.2, 0.25) is 0 Å². The smallest absolute Gasteiger partial charge is 0.342 e. The Hall–Kier alpha value is -1.71. The van der Waals surface area contributed by atoms with Gasteiger partial charge in [-0.05, 0) is 6.07 Å². The minimum absolute atomic E-state index is 0.333. The summed E-state index contributed by atoms with van der Waals surface area (Å²) in [5.41, 5.74) is 2.53. The van der Waals surface area contributed by atoms with E-state index in [2.05, 4.69) is 0 Å². The molecule has 0 N–H and O–H groups in total. The third kappa shape index (κ3) is 1.19. The largest absolute Gasteiger partial charge is 0.493 e. The molecule has 2 aliphatic rings. The van der Waals surface area contributed by atoms with E-state index in [-0.39, 0.29) is 5.97 Å². The molecule has 16 heavy (non-hydrogen) atoms. The molecule has 0 radical (unpaired) electrons. The summed E-state index contributed by atoms with van der Waals surface area (Å²) >= 11 is 0. The molecule has 84 valence electrons. The van der Waals surface area contributed by atoms with Crippen LogP contribution < -0.4 is 9.47 Å². The molecular weight excluding hydrogens is 208 g/mol. The standard InChI is InChI=1S/C12H12O4/c1-14-12(13)10-8-3-5-15-9(8)6-7-2-4-16-11(7)10/h6H,2-5H2,1H3. The number of esters is 1. The van der Waals surface area contributed by atoms with Crippen LogP contribution in [0, 0.1) is 0 Å². The van der Waals surface area contributed by atoms with Gasteiger partial charge in [-0.2, -0.15) is 0 Å². The van der Waals surface area contributed by atoms with Crippen molar-refractivity contribution in [2.45, 2.75) is 12.8 Å². The van der Waals surface area contributed by atoms with Crippen LogP contribution in [0.4, 0.5) is 0 Å². The third-order valence-electron chi connectivity index (χ3n) is 3.04. The molecule has 4 heteroatoms. The van der Waals surface area contributed by atoms with Crippen molar-refractivity contribution in [2.75, 3.05) is 20.3 Å². The van der Waals surface area contributed by atoms with E-state index in [1.54, 1.807) is 0 Å². The van der Waals surface area contributed by atoms with E-state index in [0.29, 0.717) is 24.5 Å². The van der Waals surface area contributed by atoms with Gasteiger partial charge < -0.3 is 14.2 Å². The molecule has 0 bridgehead atoms. The first-order valence-electron chi connectivity index (χ1n) is 5.34. The summed E-state index contributed by atoms with van der Waals surface area (Å²) in [6.07, 6.45) is 1.58. The summed E-state index contributed by atoms with van der Waals surface area (Å²) in [4.78, 5) is 11.8. The molecule has 3 rings (SSSR count). The Kier molecular flexibility index (Phi) is 2.02. The Labute approximate surface area is 93.1 Å². The summed E-state index contributed by atoms with van der Waals surface area (Å²) in [7, 11) is 1.39. The first-order chi connectivity index (χ1) is 7.81. The van der Waals surface area contributed by atoms with Crippen LogP contribution in [0.1, 0.15) is 21.5 Å². The molecule has 0 saturated carbocycles. The fraction of sp³-hybridized carbons (Fsp3) is 0.417. The van der Waals surface area contributed by atoms with Crippen LogP contribution in [0.3, 0.4) is 0 Å². The quantitative estimate of drug-likeness (QED) is 0.670. The second-order valence-electron chi connectivity index (χ2n) is 3.91. The maximum Gasteiger partial charge on any atom is 0.342 e. The summed E-state index contributed by atoms with van der Waals surface area (Å²) in [5.74, 6) is 1.17. The van der Waals surface area contributed by atoms with Crippen molar-refractivity contribution >= 4 is 5.97 Å². The lowest BCUT2D eigenvalue weighted by Gasteiger charge is -2.10. The molecule has 0 fully saturated rings. The Bertz CT molecular complexity index is 432. The van der Waals surface area contributed by atoms with Crippen LogP contribution in [-0.2, 0) is 17.6 Å². The number of carbonyl (C=O) groups excluding carboxylic acids is 1. The second kappa shape index (κ2) is 3.40. The van der Waals surface area contributed by atoms with Crippen molar-refractivity contribution in [3.63, 3.8) is 0 Å². The number of carbonyl (C=O) groups is 1. The molecule has 0 aliphatic carbocycles. The van der Waals surface area contributed by atoms with Crippen LogP contribution in [0.2, 0.25) is 0 Å². The van der Waals surface area contributed by atoms with Gasteiger partial charge in [-0.15, -0.1) is 0 Å². The van der Waals surface area contributed by atoms with Gasteiger partial charge >= 0.3 is 5.97 Å². The average Bonchev–Trinajstić information content (AvgIpc) is 2.91. The zero-order valence-electron chi connectivity index (χ0n) is 9.04. The first-order valence-corrected chi connectivity index (χ1v) is 5.34. The van der Waals surface area contributed by atoms with Gasteiger partial charge in [0.1, 0.15) is 17.1 Å². The molecule has 0 saturated heterocycles. The van der Waals surface area contributed by atoms with E-state index in [1.165, 1.54) is 7.11 Å². The van der Waals surface area contributed by atoms with Crippen molar-refractivity contribution in [1.82, 2.24) is 0 Å². The fourth-order valence-electron chi connectivity index (χ4n) is 2.30. The van der Waals surface area contributed by atoms with E-state index in [0.717, 1.165) is 29.7 Å². The normalized spacial score (nSPS) is 16.1. The van der Waals surface area contributed by atoms with Gasteiger partial charge in [-0.25, -0.2) is 4.79 Å². The van der Waals surface area contributed by atoms with E-state index in [9.17, 15) is 4.79 Å². The Balaban J connectivity index is 2.23. The van der Waals surface area contributed by atoms with Crippen molar-refractivity contribution in [1.29, 1.82) is 0 Å². The Morgan fingerprint density at radius 3 is 2.94 bits per heavy atom. The van der Waals surface area contributed by atoms with Gasteiger partial charge in [-0.1, -0.05) is 0 Å². The Morgan fingerprint density at radius 2 is 2.12 bits per heavy atom. The van der Waals surface area contributed by atoms with Crippen LogP contribution in [0.25, 0.3) is 0 Å². The zero-order chi connectivity index (χ0) is 11.1. The molecule has 0 amide bonds. The van der Waals surface area contributed by atoms with E-state index in [4.69, 9.17) is 14.2 Å². The van der Waals surface area contributed by atoms with Crippen molar-refractivity contribution in [2.24, 2.45) is 0 Å². The molecule has 4 nitrogen and oxygen atoms in total. The van der Waals surface area contributed by atoms with Gasteiger partial charge in [0.15, 0.2) is 0 Å². The van der Waals surface area contributed by atoms with E-state index < -0.39 is 0 Å². The minimum Gasteiger partial charge on any atom is -0.493 e. The highest BCUT2D eigenvalue weighted by molar-refractivity contribution is 5.96. The maximum absolute atomic E-state index is 11.8. The zero-order valence-corrected chi connectivity index (χ0v) is 9.04. The van der Waals surface area contributed by atoms with E-state index in [1.807, 2.05) is 6.07 Å². The lowest BCUT2D eigenvalue weighted by Crippen LogP contribution is -2.07. The summed E-state index contributed by atoms with van der Waals surface area (Å²) in [6, 6.07) is 1.98. The molecule has 0 aromatic heterocycles. The maximum atomic E-state index is 11.8. The summed E-state index contributed by atoms with van der Waals surface area (Å²) < 4.78 is 15.8. The number of hydrogen-bond acceptors (Lipinski definition) is 4. The topological polar surface area (TPSA) is 44.8 Å². The SMILES string of the molecule is COC(=O)c1c2c(cc3c1OCC3)OCC2. The van der Waals surface area contributed by atoms with Gasteiger partial charge in [0.25, 0.3) is 0 Å². The lowest BCUT2D eigenvalue weighted by atomic mass is 10.00. The highest BCUT2D eigenvalue weighted by Crippen LogP contribution is 2.40. The minimum atomic E-state index is -0.333. The molecule has 1 aromatic rings. The first kappa shape index (κ1) is 9.51. The molecule has 0 atom stereocenters. The average molecular weight is 220 g/mol. The highest BCUT2D eigenvalue weighted by Gasteiger charge is 2.30. The predicted molar refractivity (Wildman–Crippen MR) is 56.2 cm³/mol.